The highest BCUT2D eigenvalue weighted by Gasteiger charge is 2.14. The van der Waals surface area contributed by atoms with E-state index in [4.69, 9.17) is 0 Å². The van der Waals surface area contributed by atoms with E-state index in [9.17, 15) is 0 Å². The summed E-state index contributed by atoms with van der Waals surface area (Å²) in [5.41, 5.74) is 0.274. The zero-order chi connectivity index (χ0) is 10.3. The van der Waals surface area contributed by atoms with Gasteiger partial charge in [0.1, 0.15) is 0 Å². The molecule has 0 fully saturated rings. The van der Waals surface area contributed by atoms with E-state index in [1.165, 1.54) is 12.8 Å². The van der Waals surface area contributed by atoms with E-state index in [1.54, 1.807) is 0 Å². The minimum Gasteiger partial charge on any atom is -0.312 e. The molecule has 0 aromatic heterocycles. The van der Waals surface area contributed by atoms with Crippen molar-refractivity contribution in [2.45, 2.75) is 32.2 Å². The Morgan fingerprint density at radius 1 is 1.31 bits per heavy atom. The molecule has 0 atom stereocenters. The molecule has 0 saturated carbocycles. The molecule has 0 amide bonds. The minimum atomic E-state index is 0.274. The fourth-order valence-corrected chi connectivity index (χ4v) is 2.14. The van der Waals surface area contributed by atoms with E-state index in [0.717, 1.165) is 18.4 Å². The number of nitrogens with one attached hydrogen (secondary N) is 1. The van der Waals surface area contributed by atoms with Gasteiger partial charge in [-0.05, 0) is 53.9 Å². The Labute approximate surface area is 91.2 Å². The summed E-state index contributed by atoms with van der Waals surface area (Å²) in [6, 6.07) is 0. The van der Waals surface area contributed by atoms with Crippen LogP contribution < -0.4 is 5.32 Å². The summed E-state index contributed by atoms with van der Waals surface area (Å²) in [5.74, 6) is 0. The maximum absolute atomic E-state index is 3.56. The lowest BCUT2D eigenvalue weighted by Crippen LogP contribution is -2.40. The third-order valence-electron chi connectivity index (χ3n) is 2.11. The smallest absolute Gasteiger partial charge is 0.0133 e. The lowest BCUT2D eigenvalue weighted by molar-refractivity contribution is 0.346. The van der Waals surface area contributed by atoms with Gasteiger partial charge in [0.05, 0.1) is 0 Å². The van der Waals surface area contributed by atoms with Crippen LogP contribution in [0.4, 0.5) is 0 Å². The van der Waals surface area contributed by atoms with Crippen LogP contribution in [0, 0.1) is 0 Å². The van der Waals surface area contributed by atoms with Crippen molar-refractivity contribution in [3.63, 3.8) is 0 Å². The lowest BCUT2D eigenvalue weighted by Gasteiger charge is -2.25. The maximum atomic E-state index is 3.56. The van der Waals surface area contributed by atoms with Crippen molar-refractivity contribution in [1.29, 1.82) is 0 Å². The molecule has 0 aromatic carbocycles. The number of rotatable bonds is 7. The van der Waals surface area contributed by atoms with Gasteiger partial charge >= 0.3 is 0 Å². The summed E-state index contributed by atoms with van der Waals surface area (Å²) in [5, 5.41) is 4.63. The molecule has 0 aliphatic rings. The number of alkyl halides is 1. The van der Waals surface area contributed by atoms with Crippen molar-refractivity contribution in [1.82, 2.24) is 10.2 Å². The number of nitrogens with zero attached hydrogens (tertiary/aromatic N) is 1. The number of halogens is 1. The van der Waals surface area contributed by atoms with E-state index >= 15 is 0 Å². The SMILES string of the molecule is CN(C)CCCNC(C)(C)CCBr. The van der Waals surface area contributed by atoms with Crippen LogP contribution in [-0.4, -0.2) is 43.0 Å². The average molecular weight is 251 g/mol. The van der Waals surface area contributed by atoms with Crippen molar-refractivity contribution in [2.75, 3.05) is 32.5 Å². The highest BCUT2D eigenvalue weighted by Crippen LogP contribution is 2.09. The van der Waals surface area contributed by atoms with Gasteiger partial charge in [0.2, 0.25) is 0 Å². The Kier molecular flexibility index (Phi) is 7.00. The molecular formula is C10H23BrN2. The number of hydrogen-bond donors (Lipinski definition) is 1. The van der Waals surface area contributed by atoms with Gasteiger partial charge in [0.15, 0.2) is 0 Å². The molecule has 0 aliphatic heterocycles. The molecule has 1 N–H and O–H groups in total. The van der Waals surface area contributed by atoms with Gasteiger partial charge in [-0.1, -0.05) is 15.9 Å². The van der Waals surface area contributed by atoms with Crippen molar-refractivity contribution in [3.05, 3.63) is 0 Å². The predicted molar refractivity (Wildman–Crippen MR) is 63.7 cm³/mol. The third-order valence-corrected chi connectivity index (χ3v) is 2.50. The van der Waals surface area contributed by atoms with Gasteiger partial charge < -0.3 is 10.2 Å². The second-order valence-corrected chi connectivity index (χ2v) is 5.20. The van der Waals surface area contributed by atoms with Crippen molar-refractivity contribution in [3.8, 4) is 0 Å². The Hall–Kier alpha value is 0.400. The Balaban J connectivity index is 3.40. The molecular weight excluding hydrogens is 228 g/mol. The van der Waals surface area contributed by atoms with Crippen LogP contribution in [0.25, 0.3) is 0 Å². The largest absolute Gasteiger partial charge is 0.312 e. The topological polar surface area (TPSA) is 15.3 Å². The zero-order valence-corrected chi connectivity index (χ0v) is 10.9. The molecule has 0 aromatic rings. The predicted octanol–water partition coefficient (Wildman–Crippen LogP) is 2.09. The molecule has 0 saturated heterocycles. The average Bonchev–Trinajstić information content (AvgIpc) is 1.98. The minimum absolute atomic E-state index is 0.274. The van der Waals surface area contributed by atoms with Gasteiger partial charge in [-0.25, -0.2) is 0 Å². The highest BCUT2D eigenvalue weighted by molar-refractivity contribution is 9.09. The maximum Gasteiger partial charge on any atom is 0.0133 e. The van der Waals surface area contributed by atoms with Crippen molar-refractivity contribution < 1.29 is 0 Å². The monoisotopic (exact) mass is 250 g/mol. The fourth-order valence-electron chi connectivity index (χ4n) is 1.15. The molecule has 3 heteroatoms. The Bertz CT molecular complexity index is 124. The Morgan fingerprint density at radius 2 is 1.92 bits per heavy atom. The summed E-state index contributed by atoms with van der Waals surface area (Å²) in [6.07, 6.45) is 2.40. The van der Waals surface area contributed by atoms with Gasteiger partial charge in [-0.15, -0.1) is 0 Å². The normalized spacial score (nSPS) is 12.5. The van der Waals surface area contributed by atoms with Gasteiger partial charge in [-0.2, -0.15) is 0 Å². The highest BCUT2D eigenvalue weighted by atomic mass is 79.9. The van der Waals surface area contributed by atoms with Crippen LogP contribution >= 0.6 is 15.9 Å². The summed E-state index contributed by atoms with van der Waals surface area (Å²) in [6.45, 7) is 6.78. The standard InChI is InChI=1S/C10H23BrN2/c1-10(2,6-7-11)12-8-5-9-13(3)4/h12H,5-9H2,1-4H3. The molecule has 0 bridgehead atoms. The van der Waals surface area contributed by atoms with E-state index in [2.05, 4.69) is 54.1 Å². The second kappa shape index (κ2) is 6.80. The van der Waals surface area contributed by atoms with Crippen molar-refractivity contribution in [2.24, 2.45) is 0 Å². The quantitative estimate of drug-likeness (QED) is 0.550. The second-order valence-electron chi connectivity index (χ2n) is 4.41. The first-order chi connectivity index (χ1) is 5.98. The fraction of sp³-hybridized carbons (Fsp3) is 1.00. The first-order valence-corrected chi connectivity index (χ1v) is 6.06. The lowest BCUT2D eigenvalue weighted by atomic mass is 10.0. The first kappa shape index (κ1) is 13.4. The van der Waals surface area contributed by atoms with E-state index in [-0.39, 0.29) is 5.54 Å². The zero-order valence-electron chi connectivity index (χ0n) is 9.36. The summed E-state index contributed by atoms with van der Waals surface area (Å²) < 4.78 is 0. The summed E-state index contributed by atoms with van der Waals surface area (Å²) in [4.78, 5) is 2.22. The van der Waals surface area contributed by atoms with Crippen LogP contribution in [0.1, 0.15) is 26.7 Å². The molecule has 0 radical (unpaired) electrons. The third kappa shape index (κ3) is 8.72. The van der Waals surface area contributed by atoms with Crippen LogP contribution in [0.2, 0.25) is 0 Å². The van der Waals surface area contributed by atoms with E-state index < -0.39 is 0 Å². The molecule has 80 valence electrons. The van der Waals surface area contributed by atoms with E-state index in [0.29, 0.717) is 0 Å². The van der Waals surface area contributed by atoms with Crippen LogP contribution in [-0.2, 0) is 0 Å². The van der Waals surface area contributed by atoms with Crippen LogP contribution in [0.15, 0.2) is 0 Å². The molecule has 0 heterocycles. The Morgan fingerprint density at radius 3 is 2.38 bits per heavy atom. The van der Waals surface area contributed by atoms with Gasteiger partial charge in [0.25, 0.3) is 0 Å². The van der Waals surface area contributed by atoms with E-state index in [1.807, 2.05) is 0 Å². The summed E-state index contributed by atoms with van der Waals surface area (Å²) >= 11 is 3.47. The van der Waals surface area contributed by atoms with Gasteiger partial charge in [0, 0.05) is 10.9 Å². The number of hydrogen-bond acceptors (Lipinski definition) is 2. The van der Waals surface area contributed by atoms with Crippen molar-refractivity contribution >= 4 is 15.9 Å². The molecule has 0 aliphatic carbocycles. The van der Waals surface area contributed by atoms with Gasteiger partial charge in [-0.3, -0.25) is 0 Å². The molecule has 13 heavy (non-hydrogen) atoms. The first-order valence-electron chi connectivity index (χ1n) is 4.94. The van der Waals surface area contributed by atoms with Crippen LogP contribution in [0.3, 0.4) is 0 Å². The molecule has 0 rings (SSSR count). The molecule has 2 nitrogen and oxygen atoms in total. The van der Waals surface area contributed by atoms with Crippen LogP contribution in [0.5, 0.6) is 0 Å². The molecule has 0 unspecified atom stereocenters. The molecule has 0 spiro atoms. The summed E-state index contributed by atoms with van der Waals surface area (Å²) in [7, 11) is 4.23.